The van der Waals surface area contributed by atoms with Crippen LogP contribution in [0.15, 0.2) is 58.6 Å². The Hall–Kier alpha value is -2.56. The smallest absolute Gasteiger partial charge is 0.263 e. The van der Waals surface area contributed by atoms with Crippen molar-refractivity contribution in [2.45, 2.75) is 11.8 Å². The van der Waals surface area contributed by atoms with Crippen LogP contribution in [0.4, 0.5) is 0 Å². The first-order valence-electron chi connectivity index (χ1n) is 6.50. The summed E-state index contributed by atoms with van der Waals surface area (Å²) in [5.41, 5.74) is 2.02. The van der Waals surface area contributed by atoms with Crippen molar-refractivity contribution in [2.24, 2.45) is 5.16 Å². The maximum absolute atomic E-state index is 12.0. The lowest BCUT2D eigenvalue weighted by molar-refractivity contribution is 0.339. The van der Waals surface area contributed by atoms with E-state index in [4.69, 9.17) is 17.5 Å². The van der Waals surface area contributed by atoms with Crippen molar-refractivity contribution in [1.82, 2.24) is 0 Å². The summed E-state index contributed by atoms with van der Waals surface area (Å²) < 4.78 is 28.7. The van der Waals surface area contributed by atoms with Crippen LogP contribution in [0.1, 0.15) is 16.7 Å². The molecule has 0 N–H and O–H groups in total. The maximum atomic E-state index is 12.0. The molecule has 0 fully saturated rings. The molecular formula is C16H12N2O3S2. The lowest BCUT2D eigenvalue weighted by atomic mass is 10.1. The van der Waals surface area contributed by atoms with Crippen LogP contribution in [0.2, 0.25) is 0 Å². The molecule has 0 aliphatic heterocycles. The number of benzene rings is 2. The fourth-order valence-electron chi connectivity index (χ4n) is 1.69. The van der Waals surface area contributed by atoms with Gasteiger partial charge in [-0.05, 0) is 24.6 Å². The molecule has 23 heavy (non-hydrogen) atoms. The molecule has 0 aliphatic carbocycles. The zero-order chi connectivity index (χ0) is 16.9. The monoisotopic (exact) mass is 344 g/mol. The van der Waals surface area contributed by atoms with E-state index in [1.54, 1.807) is 36.4 Å². The average Bonchev–Trinajstić information content (AvgIpc) is 2.56. The molecule has 0 amide bonds. The van der Waals surface area contributed by atoms with Gasteiger partial charge in [-0.15, -0.1) is 0 Å². The van der Waals surface area contributed by atoms with Gasteiger partial charge in [-0.3, -0.25) is 4.28 Å². The van der Waals surface area contributed by atoms with E-state index in [0.717, 1.165) is 11.1 Å². The highest BCUT2D eigenvalue weighted by molar-refractivity contribution is 7.86. The van der Waals surface area contributed by atoms with Gasteiger partial charge in [0.25, 0.3) is 0 Å². The van der Waals surface area contributed by atoms with Gasteiger partial charge in [-0.1, -0.05) is 59.3 Å². The highest BCUT2D eigenvalue weighted by Gasteiger charge is 2.16. The third-order valence-corrected chi connectivity index (χ3v) is 4.35. The first kappa shape index (κ1) is 16.8. The molecule has 0 unspecified atom stereocenters. The van der Waals surface area contributed by atoms with E-state index in [0.29, 0.717) is 5.56 Å². The standard InChI is InChI=1S/C16H12N2O3S2/c1-12-2-8-15(9-3-12)23(19,20)21-18-16(10-17)14-6-4-13(11-22)5-7-14/h2-9,11H,1H3. The maximum Gasteiger partial charge on any atom is 0.358 e. The normalized spacial score (nSPS) is 11.6. The molecule has 0 radical (unpaired) electrons. The Morgan fingerprint density at radius 3 is 2.30 bits per heavy atom. The Labute approximate surface area is 139 Å². The first-order valence-corrected chi connectivity index (χ1v) is 8.38. The SMILES string of the molecule is Cc1ccc(S(=O)(=O)ON=C(C#N)c2ccc(C=S)cc2)cc1. The van der Waals surface area contributed by atoms with Crippen LogP contribution in [0.25, 0.3) is 0 Å². The number of nitriles is 1. The lowest BCUT2D eigenvalue weighted by Gasteiger charge is -2.03. The van der Waals surface area contributed by atoms with Crippen LogP contribution in [-0.2, 0) is 14.4 Å². The van der Waals surface area contributed by atoms with Crippen molar-refractivity contribution in [2.75, 3.05) is 0 Å². The summed E-state index contributed by atoms with van der Waals surface area (Å²) in [5, 5.41) is 14.1. The van der Waals surface area contributed by atoms with Crippen molar-refractivity contribution >= 4 is 33.4 Å². The summed E-state index contributed by atoms with van der Waals surface area (Å²) in [6.07, 6.45) is 0. The van der Waals surface area contributed by atoms with Crippen LogP contribution in [-0.4, -0.2) is 19.5 Å². The fourth-order valence-corrected chi connectivity index (χ4v) is 2.58. The summed E-state index contributed by atoms with van der Waals surface area (Å²) in [6, 6.07) is 14.6. The largest absolute Gasteiger partial charge is 0.358 e. The predicted octanol–water partition coefficient (Wildman–Crippen LogP) is 2.98. The summed E-state index contributed by atoms with van der Waals surface area (Å²) >= 11 is 4.79. The second-order valence-corrected chi connectivity index (χ2v) is 6.40. The first-order chi connectivity index (χ1) is 11.0. The van der Waals surface area contributed by atoms with Crippen molar-refractivity contribution in [3.8, 4) is 6.07 Å². The Morgan fingerprint density at radius 2 is 1.78 bits per heavy atom. The van der Waals surface area contributed by atoms with Crippen LogP contribution >= 0.6 is 12.2 Å². The Balaban J connectivity index is 2.26. The molecule has 0 aliphatic rings. The van der Waals surface area contributed by atoms with Crippen molar-refractivity contribution < 1.29 is 12.7 Å². The summed E-state index contributed by atoms with van der Waals surface area (Å²) in [5.74, 6) is 0. The van der Waals surface area contributed by atoms with E-state index in [1.807, 2.05) is 13.0 Å². The molecule has 0 atom stereocenters. The molecule has 0 saturated heterocycles. The third-order valence-electron chi connectivity index (χ3n) is 2.96. The zero-order valence-electron chi connectivity index (χ0n) is 12.1. The molecule has 7 heteroatoms. The van der Waals surface area contributed by atoms with E-state index in [2.05, 4.69) is 9.44 Å². The van der Waals surface area contributed by atoms with Crippen molar-refractivity contribution in [1.29, 1.82) is 5.26 Å². The molecule has 0 aromatic heterocycles. The molecular weight excluding hydrogens is 332 g/mol. The van der Waals surface area contributed by atoms with E-state index in [9.17, 15) is 8.42 Å². The third kappa shape index (κ3) is 4.22. The molecule has 2 aromatic carbocycles. The van der Waals surface area contributed by atoms with E-state index in [-0.39, 0.29) is 10.6 Å². The minimum atomic E-state index is -4.06. The number of thiocarbonyl (C=S) groups is 1. The van der Waals surface area contributed by atoms with Crippen LogP contribution in [0, 0.1) is 18.3 Å². The van der Waals surface area contributed by atoms with E-state index < -0.39 is 10.1 Å². The molecule has 116 valence electrons. The number of oxime groups is 1. The van der Waals surface area contributed by atoms with Gasteiger partial charge in [0, 0.05) is 10.9 Å². The minimum absolute atomic E-state index is 0.0276. The Kier molecular flexibility index (Phi) is 5.21. The van der Waals surface area contributed by atoms with Gasteiger partial charge in [-0.25, -0.2) is 0 Å². The Morgan fingerprint density at radius 1 is 1.17 bits per heavy atom. The predicted molar refractivity (Wildman–Crippen MR) is 90.8 cm³/mol. The molecule has 2 aromatic rings. The summed E-state index contributed by atoms with van der Waals surface area (Å²) in [7, 11) is -4.06. The van der Waals surface area contributed by atoms with E-state index >= 15 is 0 Å². The van der Waals surface area contributed by atoms with E-state index in [1.165, 1.54) is 17.5 Å². The average molecular weight is 344 g/mol. The fraction of sp³-hybridized carbons (Fsp3) is 0.0625. The Bertz CT molecular complexity index is 878. The van der Waals surface area contributed by atoms with Gasteiger partial charge in [0.1, 0.15) is 11.0 Å². The quantitative estimate of drug-likeness (QED) is 0.473. The van der Waals surface area contributed by atoms with Gasteiger partial charge >= 0.3 is 10.1 Å². The molecule has 0 spiro atoms. The highest BCUT2D eigenvalue weighted by atomic mass is 32.2. The van der Waals surface area contributed by atoms with Gasteiger partial charge < -0.3 is 0 Å². The number of aryl methyl sites for hydroxylation is 1. The van der Waals surface area contributed by atoms with Gasteiger partial charge in [-0.2, -0.15) is 13.7 Å². The molecule has 5 nitrogen and oxygen atoms in total. The zero-order valence-corrected chi connectivity index (χ0v) is 13.8. The number of hydrogen-bond donors (Lipinski definition) is 0. The molecule has 0 bridgehead atoms. The minimum Gasteiger partial charge on any atom is -0.263 e. The van der Waals surface area contributed by atoms with Crippen LogP contribution < -0.4 is 0 Å². The second-order valence-electron chi connectivity index (χ2n) is 4.63. The van der Waals surface area contributed by atoms with Crippen molar-refractivity contribution in [3.05, 3.63) is 65.2 Å². The topological polar surface area (TPSA) is 79.5 Å². The summed E-state index contributed by atoms with van der Waals surface area (Å²) in [4.78, 5) is -0.0276. The van der Waals surface area contributed by atoms with Gasteiger partial charge in [0.05, 0.1) is 0 Å². The number of hydrogen-bond acceptors (Lipinski definition) is 6. The van der Waals surface area contributed by atoms with Crippen LogP contribution in [0.5, 0.6) is 0 Å². The highest BCUT2D eigenvalue weighted by Crippen LogP contribution is 2.14. The number of rotatable bonds is 5. The number of nitrogens with zero attached hydrogens (tertiary/aromatic N) is 2. The lowest BCUT2D eigenvalue weighted by Crippen LogP contribution is -2.06. The molecule has 2 rings (SSSR count). The van der Waals surface area contributed by atoms with Crippen molar-refractivity contribution in [3.63, 3.8) is 0 Å². The van der Waals surface area contributed by atoms with Crippen LogP contribution in [0.3, 0.4) is 0 Å². The molecule has 0 heterocycles. The summed E-state index contributed by atoms with van der Waals surface area (Å²) in [6.45, 7) is 1.84. The van der Waals surface area contributed by atoms with Gasteiger partial charge in [0.15, 0.2) is 5.71 Å². The second kappa shape index (κ2) is 7.13. The van der Waals surface area contributed by atoms with Gasteiger partial charge in [0.2, 0.25) is 0 Å². The molecule has 0 saturated carbocycles.